The summed E-state index contributed by atoms with van der Waals surface area (Å²) in [6.07, 6.45) is 12.7. The van der Waals surface area contributed by atoms with Crippen molar-refractivity contribution in [1.29, 1.82) is 0 Å². The van der Waals surface area contributed by atoms with Gasteiger partial charge in [0.15, 0.2) is 0 Å². The van der Waals surface area contributed by atoms with Gasteiger partial charge in [-0.15, -0.1) is 0 Å². The Morgan fingerprint density at radius 3 is 2.78 bits per heavy atom. The molecular formula is C28H35N3O. The summed E-state index contributed by atoms with van der Waals surface area (Å²) in [5.41, 5.74) is 7.34. The first-order chi connectivity index (χ1) is 15.6. The van der Waals surface area contributed by atoms with Crippen LogP contribution in [0.2, 0.25) is 0 Å². The molecule has 0 aliphatic carbocycles. The lowest BCUT2D eigenvalue weighted by atomic mass is 9.90. The van der Waals surface area contributed by atoms with Gasteiger partial charge in [-0.05, 0) is 98.4 Å². The van der Waals surface area contributed by atoms with Crippen LogP contribution >= 0.6 is 0 Å². The molecule has 1 N–H and O–H groups in total. The fourth-order valence-corrected chi connectivity index (χ4v) is 4.73. The maximum absolute atomic E-state index is 11.3. The summed E-state index contributed by atoms with van der Waals surface area (Å²) in [5, 5.41) is 4.60. The highest BCUT2D eigenvalue weighted by Crippen LogP contribution is 2.28. The zero-order valence-electron chi connectivity index (χ0n) is 19.5. The third-order valence-corrected chi connectivity index (χ3v) is 6.86. The minimum Gasteiger partial charge on any atom is -0.370 e. The molecular weight excluding hydrogens is 394 g/mol. The van der Waals surface area contributed by atoms with Gasteiger partial charge in [-0.3, -0.25) is 4.98 Å². The zero-order valence-corrected chi connectivity index (χ0v) is 19.5. The minimum atomic E-state index is 0.263. The van der Waals surface area contributed by atoms with E-state index in [1.807, 2.05) is 6.20 Å². The van der Waals surface area contributed by atoms with Crippen LogP contribution in [-0.4, -0.2) is 22.8 Å². The highest BCUT2D eigenvalue weighted by molar-refractivity contribution is 5.81. The molecule has 0 spiro atoms. The van der Waals surface area contributed by atoms with Crippen molar-refractivity contribution >= 4 is 23.0 Å². The first-order valence-electron chi connectivity index (χ1n) is 12.2. The summed E-state index contributed by atoms with van der Waals surface area (Å²) < 4.78 is 0. The van der Waals surface area contributed by atoms with Crippen molar-refractivity contribution in [1.82, 2.24) is 9.97 Å². The third kappa shape index (κ3) is 5.53. The lowest BCUT2D eigenvalue weighted by molar-refractivity contribution is -0.108. The van der Waals surface area contributed by atoms with Gasteiger partial charge in [0.2, 0.25) is 0 Å². The topological polar surface area (TPSA) is 54.9 Å². The van der Waals surface area contributed by atoms with E-state index in [0.717, 1.165) is 49.8 Å². The molecule has 3 aromatic rings. The number of carbonyl (C=O) groups is 1. The zero-order chi connectivity index (χ0) is 22.3. The van der Waals surface area contributed by atoms with Crippen LogP contribution in [0, 0.1) is 13.8 Å². The number of aryl methyl sites for hydroxylation is 4. The maximum atomic E-state index is 11.3. The molecule has 0 amide bonds. The van der Waals surface area contributed by atoms with Gasteiger partial charge in [-0.1, -0.05) is 25.3 Å². The van der Waals surface area contributed by atoms with Crippen molar-refractivity contribution in [3.8, 4) is 0 Å². The summed E-state index contributed by atoms with van der Waals surface area (Å²) in [5.74, 6) is 1.36. The summed E-state index contributed by atoms with van der Waals surface area (Å²) in [6, 6.07) is 11.0. The molecule has 32 heavy (non-hydrogen) atoms. The molecule has 1 aromatic carbocycles. The van der Waals surface area contributed by atoms with E-state index in [0.29, 0.717) is 6.42 Å². The van der Waals surface area contributed by atoms with E-state index < -0.39 is 0 Å². The largest absolute Gasteiger partial charge is 0.370 e. The quantitative estimate of drug-likeness (QED) is 0.296. The molecule has 0 radical (unpaired) electrons. The molecule has 1 aliphatic heterocycles. The number of hydrogen-bond donors (Lipinski definition) is 1. The molecule has 0 saturated carbocycles. The van der Waals surface area contributed by atoms with Crippen molar-refractivity contribution in [3.63, 3.8) is 0 Å². The van der Waals surface area contributed by atoms with E-state index in [4.69, 9.17) is 4.98 Å². The van der Waals surface area contributed by atoms with Crippen molar-refractivity contribution in [2.45, 2.75) is 77.6 Å². The number of carbonyl (C=O) groups excluding carboxylic acids is 1. The lowest BCUT2D eigenvalue weighted by Crippen LogP contribution is -2.13. The number of anilines is 1. The van der Waals surface area contributed by atoms with E-state index >= 15 is 0 Å². The van der Waals surface area contributed by atoms with Crippen LogP contribution < -0.4 is 5.32 Å². The first kappa shape index (κ1) is 22.4. The number of benzene rings is 1. The highest BCUT2D eigenvalue weighted by atomic mass is 16.1. The minimum absolute atomic E-state index is 0.263. The van der Waals surface area contributed by atoms with E-state index in [-0.39, 0.29) is 5.92 Å². The van der Waals surface area contributed by atoms with Gasteiger partial charge in [0.25, 0.3) is 0 Å². The van der Waals surface area contributed by atoms with Crippen LogP contribution in [0.3, 0.4) is 0 Å². The van der Waals surface area contributed by atoms with Gasteiger partial charge < -0.3 is 10.1 Å². The van der Waals surface area contributed by atoms with E-state index in [1.165, 1.54) is 59.0 Å². The second-order valence-corrected chi connectivity index (χ2v) is 9.29. The number of nitrogens with zero attached hydrogens (tertiary/aromatic N) is 2. The molecule has 3 heterocycles. The summed E-state index contributed by atoms with van der Waals surface area (Å²) in [4.78, 5) is 20.8. The summed E-state index contributed by atoms with van der Waals surface area (Å²) in [7, 11) is 0. The molecule has 168 valence electrons. The molecule has 0 fully saturated rings. The molecule has 0 saturated heterocycles. The van der Waals surface area contributed by atoms with E-state index in [2.05, 4.69) is 54.5 Å². The van der Waals surface area contributed by atoms with Gasteiger partial charge >= 0.3 is 0 Å². The Kier molecular flexibility index (Phi) is 7.51. The number of nitrogens with one attached hydrogen (secondary N) is 1. The number of rotatable bonds is 10. The second kappa shape index (κ2) is 10.7. The van der Waals surface area contributed by atoms with Crippen molar-refractivity contribution in [2.75, 3.05) is 11.9 Å². The van der Waals surface area contributed by atoms with Crippen molar-refractivity contribution < 1.29 is 4.79 Å². The summed E-state index contributed by atoms with van der Waals surface area (Å²) in [6.45, 7) is 5.30. The fraction of sp³-hybridized carbons (Fsp3) is 0.464. The Bertz CT molecular complexity index is 1080. The van der Waals surface area contributed by atoms with Gasteiger partial charge in [0.05, 0.1) is 5.52 Å². The van der Waals surface area contributed by atoms with Gasteiger partial charge in [0, 0.05) is 30.2 Å². The Hall–Kier alpha value is -2.75. The van der Waals surface area contributed by atoms with Gasteiger partial charge in [-0.25, -0.2) is 4.98 Å². The Labute approximate surface area is 191 Å². The number of pyridine rings is 2. The predicted octanol–water partition coefficient (Wildman–Crippen LogP) is 6.47. The number of unbranched alkanes of at least 4 members (excludes halogenated alkanes) is 3. The third-order valence-electron chi connectivity index (χ3n) is 6.86. The molecule has 4 rings (SSSR count). The smallest absolute Gasteiger partial charge is 0.129 e. The Balaban J connectivity index is 1.26. The van der Waals surface area contributed by atoms with Crippen LogP contribution in [0.15, 0.2) is 36.5 Å². The standard InChI is InChI=1S/C28H35N3O/c1-20-16-24-18-25(19-30-27(24)17-21(20)2)22(13-15-32)8-5-3-4-6-10-26-12-11-23-9-7-14-29-28(23)31-26/h11-12,15-19,22H,3-10,13-14H2,1-2H3,(H,29,31). The molecule has 2 aromatic heterocycles. The number of fused-ring (bicyclic) bond motifs is 2. The van der Waals surface area contributed by atoms with Crippen molar-refractivity contribution in [3.05, 3.63) is 64.5 Å². The molecule has 0 bridgehead atoms. The number of hydrogen-bond acceptors (Lipinski definition) is 4. The average Bonchev–Trinajstić information content (AvgIpc) is 2.81. The van der Waals surface area contributed by atoms with Crippen LogP contribution in [0.1, 0.15) is 78.8 Å². The predicted molar refractivity (Wildman–Crippen MR) is 132 cm³/mol. The monoisotopic (exact) mass is 429 g/mol. The van der Waals surface area contributed by atoms with Crippen molar-refractivity contribution in [2.24, 2.45) is 0 Å². The molecule has 1 unspecified atom stereocenters. The lowest BCUT2D eigenvalue weighted by Gasteiger charge is -2.17. The normalized spacial score (nSPS) is 14.1. The Morgan fingerprint density at radius 2 is 1.91 bits per heavy atom. The van der Waals surface area contributed by atoms with Crippen LogP contribution in [0.5, 0.6) is 0 Å². The Morgan fingerprint density at radius 1 is 1.06 bits per heavy atom. The molecule has 1 atom stereocenters. The van der Waals surface area contributed by atoms with Crippen LogP contribution in [-0.2, 0) is 17.6 Å². The fourth-order valence-electron chi connectivity index (χ4n) is 4.73. The van der Waals surface area contributed by atoms with Crippen LogP contribution in [0.4, 0.5) is 5.82 Å². The van der Waals surface area contributed by atoms with E-state index in [9.17, 15) is 4.79 Å². The maximum Gasteiger partial charge on any atom is 0.129 e. The molecule has 1 aliphatic rings. The van der Waals surface area contributed by atoms with E-state index in [1.54, 1.807) is 0 Å². The average molecular weight is 430 g/mol. The molecule has 4 heteroatoms. The number of aldehydes is 1. The SMILES string of the molecule is Cc1cc2cc(C(CC=O)CCCCCCc3ccc4c(n3)NCCC4)cnc2cc1C. The van der Waals surface area contributed by atoms with Crippen LogP contribution in [0.25, 0.3) is 10.9 Å². The molecule has 4 nitrogen and oxygen atoms in total. The van der Waals surface area contributed by atoms with Gasteiger partial charge in [0.1, 0.15) is 12.1 Å². The highest BCUT2D eigenvalue weighted by Gasteiger charge is 2.13. The second-order valence-electron chi connectivity index (χ2n) is 9.29. The first-order valence-corrected chi connectivity index (χ1v) is 12.2. The van der Waals surface area contributed by atoms with Gasteiger partial charge in [-0.2, -0.15) is 0 Å². The number of aromatic nitrogens is 2. The summed E-state index contributed by atoms with van der Waals surface area (Å²) >= 11 is 0.